The van der Waals surface area contributed by atoms with Crippen molar-refractivity contribution in [3.63, 3.8) is 0 Å². The van der Waals surface area contributed by atoms with Gasteiger partial charge in [-0.25, -0.2) is 8.42 Å². The van der Waals surface area contributed by atoms with Crippen molar-refractivity contribution < 1.29 is 22.7 Å². The zero-order valence-corrected chi connectivity index (χ0v) is 14.4. The van der Waals surface area contributed by atoms with Gasteiger partial charge in [-0.3, -0.25) is 9.59 Å². The van der Waals surface area contributed by atoms with Crippen LogP contribution in [0.5, 0.6) is 5.75 Å². The summed E-state index contributed by atoms with van der Waals surface area (Å²) in [5.74, 6) is -0.854. The van der Waals surface area contributed by atoms with Gasteiger partial charge in [-0.15, -0.1) is 10.2 Å². The molecule has 0 radical (unpaired) electrons. The molecule has 1 aromatic carbocycles. The first-order valence-electron chi connectivity index (χ1n) is 6.64. The molecule has 11 heteroatoms. The van der Waals surface area contributed by atoms with E-state index in [1.807, 2.05) is 6.92 Å². The Labute approximate surface area is 142 Å². The van der Waals surface area contributed by atoms with E-state index >= 15 is 0 Å². The Morgan fingerprint density at radius 3 is 2.50 bits per heavy atom. The average molecular weight is 370 g/mol. The normalized spacial score (nSPS) is 11.1. The first kappa shape index (κ1) is 18.0. The molecule has 0 fully saturated rings. The number of carbonyl (C=O) groups is 2. The molecule has 9 nitrogen and oxygen atoms in total. The quantitative estimate of drug-likeness (QED) is 0.435. The molecule has 0 unspecified atom stereocenters. The summed E-state index contributed by atoms with van der Waals surface area (Å²) in [5.41, 5.74) is 1.00. The standard InChI is InChI=1S/C13H14N4O5S2/c1-8-3-5-10(6-4-8)22-11(19)7-14-24(20,21)13-17-16-12(23-13)15-9(2)18/h3-6,14H,7H2,1-2H3,(H,15,16,18). The van der Waals surface area contributed by atoms with Crippen molar-refractivity contribution in [3.8, 4) is 5.75 Å². The number of esters is 1. The largest absolute Gasteiger partial charge is 0.426 e. The molecule has 0 saturated carbocycles. The highest BCUT2D eigenvalue weighted by Gasteiger charge is 2.22. The van der Waals surface area contributed by atoms with E-state index in [1.165, 1.54) is 6.92 Å². The van der Waals surface area contributed by atoms with Gasteiger partial charge in [0.25, 0.3) is 10.0 Å². The van der Waals surface area contributed by atoms with Crippen molar-refractivity contribution in [3.05, 3.63) is 29.8 Å². The van der Waals surface area contributed by atoms with E-state index in [9.17, 15) is 18.0 Å². The Morgan fingerprint density at radius 2 is 1.88 bits per heavy atom. The number of rotatable bonds is 6. The first-order valence-corrected chi connectivity index (χ1v) is 8.94. The fourth-order valence-corrected chi connectivity index (χ4v) is 3.46. The number of nitrogens with one attached hydrogen (secondary N) is 2. The lowest BCUT2D eigenvalue weighted by molar-refractivity contribution is -0.133. The monoisotopic (exact) mass is 370 g/mol. The molecule has 0 atom stereocenters. The van der Waals surface area contributed by atoms with Gasteiger partial charge in [0.1, 0.15) is 12.3 Å². The fraction of sp³-hybridized carbons (Fsp3) is 0.231. The summed E-state index contributed by atoms with van der Waals surface area (Å²) in [6, 6.07) is 6.73. The minimum atomic E-state index is -4.03. The number of anilines is 1. The molecule has 2 N–H and O–H groups in total. The Balaban J connectivity index is 1.94. The van der Waals surface area contributed by atoms with Gasteiger partial charge in [0.15, 0.2) is 0 Å². The van der Waals surface area contributed by atoms with Crippen LogP contribution in [-0.2, 0) is 19.6 Å². The van der Waals surface area contributed by atoms with Gasteiger partial charge >= 0.3 is 5.97 Å². The van der Waals surface area contributed by atoms with E-state index in [0.29, 0.717) is 17.1 Å². The lowest BCUT2D eigenvalue weighted by atomic mass is 10.2. The predicted molar refractivity (Wildman–Crippen MR) is 86.2 cm³/mol. The van der Waals surface area contributed by atoms with Crippen LogP contribution in [0, 0.1) is 6.92 Å². The fourth-order valence-electron chi connectivity index (χ4n) is 1.51. The van der Waals surface area contributed by atoms with E-state index in [-0.39, 0.29) is 9.47 Å². The molecule has 1 amide bonds. The zero-order chi connectivity index (χ0) is 17.7. The van der Waals surface area contributed by atoms with Crippen LogP contribution in [0.3, 0.4) is 0 Å². The first-order chi connectivity index (χ1) is 11.3. The number of ether oxygens (including phenoxy) is 1. The number of hydrogen-bond donors (Lipinski definition) is 2. The van der Waals surface area contributed by atoms with Crippen LogP contribution in [0.2, 0.25) is 0 Å². The van der Waals surface area contributed by atoms with Gasteiger partial charge in [0.2, 0.25) is 15.4 Å². The molecular weight excluding hydrogens is 356 g/mol. The number of aromatic nitrogens is 2. The molecular formula is C13H14N4O5S2. The number of sulfonamides is 1. The van der Waals surface area contributed by atoms with Crippen LogP contribution in [0.4, 0.5) is 5.13 Å². The smallest absolute Gasteiger partial charge is 0.326 e. The Bertz CT molecular complexity index is 846. The molecule has 2 rings (SSSR count). The van der Waals surface area contributed by atoms with Gasteiger partial charge in [0, 0.05) is 6.92 Å². The van der Waals surface area contributed by atoms with Crippen LogP contribution in [-0.4, -0.2) is 37.0 Å². The van der Waals surface area contributed by atoms with Crippen molar-refractivity contribution in [1.29, 1.82) is 0 Å². The third kappa shape index (κ3) is 5.08. The number of amides is 1. The van der Waals surface area contributed by atoms with Gasteiger partial charge in [-0.05, 0) is 19.1 Å². The third-order valence-corrected chi connectivity index (χ3v) is 5.19. The summed E-state index contributed by atoms with van der Waals surface area (Å²) in [6.45, 7) is 2.58. The number of aryl methyl sites for hydroxylation is 1. The summed E-state index contributed by atoms with van der Waals surface area (Å²) in [7, 11) is -4.03. The summed E-state index contributed by atoms with van der Waals surface area (Å²) in [6.07, 6.45) is 0. The van der Waals surface area contributed by atoms with Crippen LogP contribution < -0.4 is 14.8 Å². The van der Waals surface area contributed by atoms with Crippen LogP contribution >= 0.6 is 11.3 Å². The van der Waals surface area contributed by atoms with Gasteiger partial charge in [0.05, 0.1) is 0 Å². The lowest BCUT2D eigenvalue weighted by Crippen LogP contribution is -2.31. The zero-order valence-electron chi connectivity index (χ0n) is 12.8. The highest BCUT2D eigenvalue weighted by atomic mass is 32.2. The molecule has 128 valence electrons. The molecule has 1 heterocycles. The second kappa shape index (κ2) is 7.47. The molecule has 0 bridgehead atoms. The molecule has 0 aliphatic rings. The summed E-state index contributed by atoms with van der Waals surface area (Å²) in [5, 5.41) is 9.36. The van der Waals surface area contributed by atoms with Crippen LogP contribution in [0.15, 0.2) is 28.6 Å². The minimum Gasteiger partial charge on any atom is -0.426 e. The summed E-state index contributed by atoms with van der Waals surface area (Å²) < 4.78 is 30.7. The highest BCUT2D eigenvalue weighted by Crippen LogP contribution is 2.19. The SMILES string of the molecule is CC(=O)Nc1nnc(S(=O)(=O)NCC(=O)Oc2ccc(C)cc2)s1. The molecule has 0 saturated heterocycles. The Morgan fingerprint density at radius 1 is 1.21 bits per heavy atom. The second-order valence-corrected chi connectivity index (χ2v) is 7.58. The number of benzene rings is 1. The highest BCUT2D eigenvalue weighted by molar-refractivity contribution is 7.91. The third-order valence-electron chi connectivity index (χ3n) is 2.58. The van der Waals surface area contributed by atoms with Crippen molar-refractivity contribution >= 4 is 38.4 Å². The van der Waals surface area contributed by atoms with Crippen molar-refractivity contribution in [2.75, 3.05) is 11.9 Å². The molecule has 2 aromatic rings. The van der Waals surface area contributed by atoms with Gasteiger partial charge in [-0.2, -0.15) is 4.72 Å². The maximum Gasteiger partial charge on any atom is 0.326 e. The maximum atomic E-state index is 12.0. The topological polar surface area (TPSA) is 127 Å². The number of carbonyl (C=O) groups excluding carboxylic acids is 2. The van der Waals surface area contributed by atoms with Gasteiger partial charge < -0.3 is 10.1 Å². The average Bonchev–Trinajstić information content (AvgIpc) is 2.96. The Hall–Kier alpha value is -2.37. The molecule has 0 aliphatic heterocycles. The number of nitrogens with zero attached hydrogens (tertiary/aromatic N) is 2. The molecule has 0 aliphatic carbocycles. The van der Waals surface area contributed by atoms with E-state index in [0.717, 1.165) is 5.56 Å². The molecule has 1 aromatic heterocycles. The van der Waals surface area contributed by atoms with Crippen molar-refractivity contribution in [1.82, 2.24) is 14.9 Å². The van der Waals surface area contributed by atoms with Crippen molar-refractivity contribution in [2.45, 2.75) is 18.2 Å². The predicted octanol–water partition coefficient (Wildman–Crippen LogP) is 0.689. The lowest BCUT2D eigenvalue weighted by Gasteiger charge is -2.05. The summed E-state index contributed by atoms with van der Waals surface area (Å²) in [4.78, 5) is 22.6. The maximum absolute atomic E-state index is 12.0. The number of hydrogen-bond acceptors (Lipinski definition) is 8. The summed E-state index contributed by atoms with van der Waals surface area (Å²) >= 11 is 0.669. The van der Waals surface area contributed by atoms with E-state index in [1.54, 1.807) is 24.3 Å². The minimum absolute atomic E-state index is 0.0464. The van der Waals surface area contributed by atoms with Crippen LogP contribution in [0.25, 0.3) is 0 Å². The van der Waals surface area contributed by atoms with Crippen LogP contribution in [0.1, 0.15) is 12.5 Å². The van der Waals surface area contributed by atoms with E-state index in [2.05, 4.69) is 20.2 Å². The molecule has 0 spiro atoms. The van der Waals surface area contributed by atoms with E-state index in [4.69, 9.17) is 4.74 Å². The Kier molecular flexibility index (Phi) is 5.59. The second-order valence-electron chi connectivity index (χ2n) is 4.67. The van der Waals surface area contributed by atoms with E-state index < -0.39 is 28.4 Å². The van der Waals surface area contributed by atoms with Gasteiger partial charge in [-0.1, -0.05) is 29.0 Å². The molecule has 24 heavy (non-hydrogen) atoms. The van der Waals surface area contributed by atoms with Crippen molar-refractivity contribution in [2.24, 2.45) is 0 Å².